The third-order valence-corrected chi connectivity index (χ3v) is 5.42. The Labute approximate surface area is 120 Å². The average Bonchev–Trinajstić information content (AvgIpc) is 2.76. The first-order valence-corrected chi connectivity index (χ1v) is 8.85. The number of benzene rings is 1. The second kappa shape index (κ2) is 5.84. The molecule has 0 saturated carbocycles. The molecule has 2 aliphatic rings. The quantitative estimate of drug-likeness (QED) is 0.845. The summed E-state index contributed by atoms with van der Waals surface area (Å²) in [5, 5.41) is 3.55. The summed E-state index contributed by atoms with van der Waals surface area (Å²) in [5.41, 5.74) is 0.776. The number of hydrogen-bond acceptors (Lipinski definition) is 4. The number of rotatable bonds is 5. The summed E-state index contributed by atoms with van der Waals surface area (Å²) in [6.45, 7) is 0.337. The highest BCUT2D eigenvalue weighted by molar-refractivity contribution is 7.85. The lowest BCUT2D eigenvalue weighted by Crippen LogP contribution is -2.39. The molecular formula is C15H21NO3S. The van der Waals surface area contributed by atoms with Crippen molar-refractivity contribution < 1.29 is 12.6 Å². The van der Waals surface area contributed by atoms with Crippen LogP contribution in [0, 0.1) is 5.92 Å². The van der Waals surface area contributed by atoms with Crippen LogP contribution in [-0.4, -0.2) is 27.1 Å². The summed E-state index contributed by atoms with van der Waals surface area (Å²) in [7, 11) is -3.47. The molecule has 4 nitrogen and oxygen atoms in total. The summed E-state index contributed by atoms with van der Waals surface area (Å²) in [5.74, 6) is 0.338. The maximum absolute atomic E-state index is 12.0. The first kappa shape index (κ1) is 14.0. The van der Waals surface area contributed by atoms with Crippen LogP contribution in [0.1, 0.15) is 31.2 Å². The van der Waals surface area contributed by atoms with Crippen molar-refractivity contribution >= 4 is 10.1 Å². The second-order valence-electron chi connectivity index (χ2n) is 5.95. The van der Waals surface area contributed by atoms with Crippen LogP contribution < -0.4 is 5.32 Å². The van der Waals surface area contributed by atoms with Crippen molar-refractivity contribution in [3.05, 3.63) is 35.9 Å². The molecule has 0 aromatic heterocycles. The van der Waals surface area contributed by atoms with E-state index in [1.165, 1.54) is 12.8 Å². The molecule has 1 aromatic rings. The van der Waals surface area contributed by atoms with Gasteiger partial charge in [0.25, 0.3) is 10.1 Å². The van der Waals surface area contributed by atoms with Gasteiger partial charge < -0.3 is 5.32 Å². The second-order valence-corrected chi connectivity index (χ2v) is 7.59. The van der Waals surface area contributed by atoms with Crippen LogP contribution in [0.25, 0.3) is 0 Å². The monoisotopic (exact) mass is 295 g/mol. The molecule has 2 fully saturated rings. The summed E-state index contributed by atoms with van der Waals surface area (Å²) in [6, 6.07) is 10.3. The molecule has 3 rings (SSSR count). The molecule has 5 heteroatoms. The average molecular weight is 295 g/mol. The van der Waals surface area contributed by atoms with Gasteiger partial charge in [-0.3, -0.25) is 4.18 Å². The Morgan fingerprint density at radius 3 is 2.40 bits per heavy atom. The number of nitrogens with one attached hydrogen (secondary N) is 1. The van der Waals surface area contributed by atoms with Crippen molar-refractivity contribution in [2.45, 2.75) is 43.5 Å². The number of piperidine rings is 1. The van der Waals surface area contributed by atoms with E-state index in [4.69, 9.17) is 4.18 Å². The fourth-order valence-corrected chi connectivity index (χ4v) is 4.41. The van der Waals surface area contributed by atoms with Crippen LogP contribution in [-0.2, 0) is 20.1 Å². The van der Waals surface area contributed by atoms with Gasteiger partial charge in [0.15, 0.2) is 0 Å². The van der Waals surface area contributed by atoms with Gasteiger partial charge in [-0.2, -0.15) is 8.42 Å². The van der Waals surface area contributed by atoms with E-state index in [0.717, 1.165) is 18.4 Å². The van der Waals surface area contributed by atoms with Gasteiger partial charge in [-0.05, 0) is 37.2 Å². The molecule has 110 valence electrons. The van der Waals surface area contributed by atoms with Gasteiger partial charge >= 0.3 is 0 Å². The molecule has 20 heavy (non-hydrogen) atoms. The van der Waals surface area contributed by atoms with Crippen LogP contribution in [0.5, 0.6) is 0 Å². The van der Waals surface area contributed by atoms with E-state index >= 15 is 0 Å². The fourth-order valence-electron chi connectivity index (χ4n) is 3.33. The van der Waals surface area contributed by atoms with Crippen LogP contribution in [0.15, 0.2) is 30.3 Å². The standard InChI is InChI=1S/C15H21NO3S/c17-20(18,11-12-4-2-1-3-5-12)19-10-13-8-14-6-7-15(9-13)16-14/h1-5,13-16H,6-11H2/t13?,14-,15+. The van der Waals surface area contributed by atoms with Gasteiger partial charge in [0.05, 0.1) is 6.61 Å². The van der Waals surface area contributed by atoms with E-state index in [0.29, 0.717) is 24.6 Å². The lowest BCUT2D eigenvalue weighted by Gasteiger charge is -2.28. The largest absolute Gasteiger partial charge is 0.311 e. The maximum Gasteiger partial charge on any atom is 0.271 e. The van der Waals surface area contributed by atoms with E-state index < -0.39 is 10.1 Å². The number of fused-ring (bicyclic) bond motifs is 2. The molecule has 1 unspecified atom stereocenters. The zero-order valence-electron chi connectivity index (χ0n) is 11.5. The Kier molecular flexibility index (Phi) is 4.10. The molecule has 0 aliphatic carbocycles. The Balaban J connectivity index is 1.52. The molecule has 0 amide bonds. The molecule has 2 heterocycles. The summed E-state index contributed by atoms with van der Waals surface area (Å²) >= 11 is 0. The maximum atomic E-state index is 12.0. The Bertz CT molecular complexity index is 531. The van der Waals surface area contributed by atoms with Crippen LogP contribution >= 0.6 is 0 Å². The normalized spacial score (nSPS) is 29.5. The molecular weight excluding hydrogens is 274 g/mol. The van der Waals surface area contributed by atoms with E-state index in [1.54, 1.807) is 0 Å². The predicted octanol–water partition coefficient (Wildman–Crippen LogP) is 2.06. The van der Waals surface area contributed by atoms with Gasteiger partial charge in [-0.1, -0.05) is 30.3 Å². The molecule has 2 saturated heterocycles. The number of hydrogen-bond donors (Lipinski definition) is 1. The zero-order valence-corrected chi connectivity index (χ0v) is 12.3. The summed E-state index contributed by atoms with van der Waals surface area (Å²) in [4.78, 5) is 0. The third kappa shape index (κ3) is 3.59. The van der Waals surface area contributed by atoms with Crippen LogP contribution in [0.2, 0.25) is 0 Å². The smallest absolute Gasteiger partial charge is 0.271 e. The van der Waals surface area contributed by atoms with E-state index in [2.05, 4.69) is 5.32 Å². The fraction of sp³-hybridized carbons (Fsp3) is 0.600. The Morgan fingerprint density at radius 1 is 1.10 bits per heavy atom. The van der Waals surface area contributed by atoms with E-state index in [-0.39, 0.29) is 5.75 Å². The third-order valence-electron chi connectivity index (χ3n) is 4.24. The van der Waals surface area contributed by atoms with Gasteiger partial charge in [0, 0.05) is 12.1 Å². The van der Waals surface area contributed by atoms with Gasteiger partial charge in [0.2, 0.25) is 0 Å². The van der Waals surface area contributed by atoms with Crippen molar-refractivity contribution in [2.75, 3.05) is 6.61 Å². The minimum Gasteiger partial charge on any atom is -0.311 e. The van der Waals surface area contributed by atoms with Crippen molar-refractivity contribution in [2.24, 2.45) is 5.92 Å². The summed E-state index contributed by atoms with van der Waals surface area (Å²) in [6.07, 6.45) is 4.52. The molecule has 0 spiro atoms. The van der Waals surface area contributed by atoms with Crippen molar-refractivity contribution in [3.8, 4) is 0 Å². The highest BCUT2D eigenvalue weighted by Gasteiger charge is 2.34. The predicted molar refractivity (Wildman–Crippen MR) is 77.7 cm³/mol. The Hall–Kier alpha value is -0.910. The topological polar surface area (TPSA) is 55.4 Å². The highest BCUT2D eigenvalue weighted by Crippen LogP contribution is 2.31. The van der Waals surface area contributed by atoms with Gasteiger partial charge in [0.1, 0.15) is 5.75 Å². The van der Waals surface area contributed by atoms with Crippen molar-refractivity contribution in [3.63, 3.8) is 0 Å². The Morgan fingerprint density at radius 2 is 1.75 bits per heavy atom. The van der Waals surface area contributed by atoms with Crippen molar-refractivity contribution in [1.82, 2.24) is 5.32 Å². The molecule has 3 atom stereocenters. The first-order chi connectivity index (χ1) is 9.61. The minimum absolute atomic E-state index is 0.0360. The molecule has 2 aliphatic heterocycles. The van der Waals surface area contributed by atoms with E-state index in [9.17, 15) is 8.42 Å². The highest BCUT2D eigenvalue weighted by atomic mass is 32.2. The minimum atomic E-state index is -3.47. The first-order valence-electron chi connectivity index (χ1n) is 7.28. The van der Waals surface area contributed by atoms with Crippen LogP contribution in [0.3, 0.4) is 0 Å². The lowest BCUT2D eigenvalue weighted by atomic mass is 9.93. The molecule has 0 radical (unpaired) electrons. The van der Waals surface area contributed by atoms with E-state index in [1.807, 2.05) is 30.3 Å². The van der Waals surface area contributed by atoms with Crippen molar-refractivity contribution in [1.29, 1.82) is 0 Å². The molecule has 1 aromatic carbocycles. The molecule has 2 bridgehead atoms. The zero-order chi connectivity index (χ0) is 14.0. The summed E-state index contributed by atoms with van der Waals surface area (Å²) < 4.78 is 29.2. The van der Waals surface area contributed by atoms with Gasteiger partial charge in [-0.15, -0.1) is 0 Å². The molecule has 1 N–H and O–H groups in total. The SMILES string of the molecule is O=S(=O)(Cc1ccccc1)OCC1C[C@H]2CC[C@@H](C1)N2. The van der Waals surface area contributed by atoms with Gasteiger partial charge in [-0.25, -0.2) is 0 Å². The lowest BCUT2D eigenvalue weighted by molar-refractivity contribution is 0.194. The van der Waals surface area contributed by atoms with Crippen LogP contribution in [0.4, 0.5) is 0 Å².